The summed E-state index contributed by atoms with van der Waals surface area (Å²) in [6.07, 6.45) is 0. The van der Waals surface area contributed by atoms with Crippen molar-refractivity contribution in [2.24, 2.45) is 10.7 Å². The number of nitrogens with two attached hydrogens (primary N) is 1. The summed E-state index contributed by atoms with van der Waals surface area (Å²) < 4.78 is 0. The van der Waals surface area contributed by atoms with Crippen LogP contribution < -0.4 is 11.1 Å². The Balaban J connectivity index is 1.99. The van der Waals surface area contributed by atoms with Gasteiger partial charge in [0.2, 0.25) is 0 Å². The molecule has 0 aliphatic heterocycles. The van der Waals surface area contributed by atoms with Crippen LogP contribution in [0.25, 0.3) is 0 Å². The first-order chi connectivity index (χ1) is 10.5. The Morgan fingerprint density at radius 2 is 1.91 bits per heavy atom. The third kappa shape index (κ3) is 4.55. The zero-order chi connectivity index (χ0) is 16.1. The molecule has 0 bridgehead atoms. The maximum Gasteiger partial charge on any atom is 0.189 e. The van der Waals surface area contributed by atoms with Crippen LogP contribution in [-0.2, 0) is 6.54 Å². The van der Waals surface area contributed by atoms with Crippen LogP contribution in [0.1, 0.15) is 24.1 Å². The van der Waals surface area contributed by atoms with Crippen LogP contribution in [0.2, 0.25) is 10.0 Å². The highest BCUT2D eigenvalue weighted by molar-refractivity contribution is 6.35. The van der Waals surface area contributed by atoms with Gasteiger partial charge in [-0.15, -0.1) is 0 Å². The zero-order valence-electron chi connectivity index (χ0n) is 12.1. The molecular formula is C16H17Cl2N3O. The number of hydrogen-bond donors (Lipinski definition) is 3. The van der Waals surface area contributed by atoms with Gasteiger partial charge in [-0.3, -0.25) is 0 Å². The number of aromatic hydroxyl groups is 1. The van der Waals surface area contributed by atoms with E-state index in [-0.39, 0.29) is 11.8 Å². The summed E-state index contributed by atoms with van der Waals surface area (Å²) in [5, 5.41) is 13.5. The second kappa shape index (κ2) is 7.38. The maximum atomic E-state index is 9.23. The van der Waals surface area contributed by atoms with Gasteiger partial charge in [0.05, 0.1) is 12.6 Å². The number of guanidine groups is 1. The molecule has 1 unspecified atom stereocenters. The molecule has 0 amide bonds. The maximum absolute atomic E-state index is 9.23. The molecule has 0 radical (unpaired) electrons. The van der Waals surface area contributed by atoms with E-state index in [4.69, 9.17) is 28.9 Å². The van der Waals surface area contributed by atoms with Crippen LogP contribution in [0.4, 0.5) is 0 Å². The van der Waals surface area contributed by atoms with Crippen molar-refractivity contribution in [3.63, 3.8) is 0 Å². The van der Waals surface area contributed by atoms with E-state index in [9.17, 15) is 5.11 Å². The third-order valence-corrected chi connectivity index (χ3v) is 3.72. The molecule has 0 saturated carbocycles. The van der Waals surface area contributed by atoms with Gasteiger partial charge >= 0.3 is 0 Å². The Labute approximate surface area is 139 Å². The fraction of sp³-hybridized carbons (Fsp3) is 0.188. The van der Waals surface area contributed by atoms with Crippen molar-refractivity contribution in [1.82, 2.24) is 5.32 Å². The predicted octanol–water partition coefficient (Wildman–Crippen LogP) is 3.86. The second-order valence-electron chi connectivity index (χ2n) is 4.90. The molecule has 6 heteroatoms. The van der Waals surface area contributed by atoms with Crippen LogP contribution in [0.3, 0.4) is 0 Å². The Bertz CT molecular complexity index is 672. The first-order valence-electron chi connectivity index (χ1n) is 6.75. The molecule has 0 heterocycles. The zero-order valence-corrected chi connectivity index (χ0v) is 13.6. The SMILES string of the molecule is CC(NC(N)=NCc1ccc(O)cc1)c1ccc(Cl)cc1Cl. The molecule has 2 aromatic rings. The number of benzene rings is 2. The summed E-state index contributed by atoms with van der Waals surface area (Å²) in [5.41, 5.74) is 7.75. The lowest BCUT2D eigenvalue weighted by molar-refractivity contribution is 0.475. The highest BCUT2D eigenvalue weighted by atomic mass is 35.5. The van der Waals surface area contributed by atoms with Crippen LogP contribution in [0.5, 0.6) is 5.75 Å². The lowest BCUT2D eigenvalue weighted by atomic mass is 10.1. The van der Waals surface area contributed by atoms with Crippen LogP contribution >= 0.6 is 23.2 Å². The van der Waals surface area contributed by atoms with Gasteiger partial charge in [0.25, 0.3) is 0 Å². The van der Waals surface area contributed by atoms with Gasteiger partial charge in [-0.2, -0.15) is 0 Å². The van der Waals surface area contributed by atoms with Gasteiger partial charge < -0.3 is 16.2 Å². The number of aliphatic imine (C=N–C) groups is 1. The van der Waals surface area contributed by atoms with Crippen LogP contribution in [-0.4, -0.2) is 11.1 Å². The summed E-state index contributed by atoms with van der Waals surface area (Å²) in [6.45, 7) is 2.37. The lowest BCUT2D eigenvalue weighted by Gasteiger charge is -2.16. The molecule has 0 spiro atoms. The molecule has 1 atom stereocenters. The molecule has 2 aromatic carbocycles. The monoisotopic (exact) mass is 337 g/mol. The molecular weight excluding hydrogens is 321 g/mol. The van der Waals surface area contributed by atoms with Crippen molar-refractivity contribution < 1.29 is 5.11 Å². The summed E-state index contributed by atoms with van der Waals surface area (Å²) >= 11 is 12.1. The highest BCUT2D eigenvalue weighted by Gasteiger charge is 2.10. The minimum Gasteiger partial charge on any atom is -0.508 e. The Hall–Kier alpha value is -1.91. The molecule has 0 aliphatic carbocycles. The molecule has 4 N–H and O–H groups in total. The molecule has 2 rings (SSSR count). The summed E-state index contributed by atoms with van der Waals surface area (Å²) in [6, 6.07) is 12.1. The van der Waals surface area contributed by atoms with Crippen LogP contribution in [0, 0.1) is 0 Å². The van der Waals surface area contributed by atoms with Gasteiger partial charge in [0.15, 0.2) is 5.96 Å². The average molecular weight is 338 g/mol. The fourth-order valence-electron chi connectivity index (χ4n) is 1.98. The fourth-order valence-corrected chi connectivity index (χ4v) is 2.55. The van der Waals surface area contributed by atoms with E-state index in [1.807, 2.05) is 13.0 Å². The topological polar surface area (TPSA) is 70.6 Å². The van der Waals surface area contributed by atoms with Gasteiger partial charge in [0.1, 0.15) is 5.75 Å². The predicted molar refractivity (Wildman–Crippen MR) is 91.4 cm³/mol. The summed E-state index contributed by atoms with van der Waals surface area (Å²) in [4.78, 5) is 4.27. The smallest absolute Gasteiger partial charge is 0.189 e. The van der Waals surface area contributed by atoms with E-state index >= 15 is 0 Å². The standard InChI is InChI=1S/C16H17Cl2N3O/c1-10(14-7-4-12(17)8-15(14)18)21-16(19)20-9-11-2-5-13(22)6-3-11/h2-8,10,22H,9H2,1H3,(H3,19,20,21). The van der Waals surface area contributed by atoms with Crippen molar-refractivity contribution in [3.8, 4) is 5.75 Å². The second-order valence-corrected chi connectivity index (χ2v) is 5.74. The minimum absolute atomic E-state index is 0.0895. The van der Waals surface area contributed by atoms with Crippen molar-refractivity contribution in [2.75, 3.05) is 0 Å². The lowest BCUT2D eigenvalue weighted by Crippen LogP contribution is -2.33. The number of phenols is 1. The average Bonchev–Trinajstić information content (AvgIpc) is 2.46. The molecule has 0 aliphatic rings. The number of hydrogen-bond acceptors (Lipinski definition) is 2. The number of phenolic OH excluding ortho intramolecular Hbond substituents is 1. The molecule has 0 saturated heterocycles. The van der Waals surface area contributed by atoms with E-state index < -0.39 is 0 Å². The normalized spacial score (nSPS) is 13.0. The van der Waals surface area contributed by atoms with Gasteiger partial charge in [-0.25, -0.2) is 4.99 Å². The van der Waals surface area contributed by atoms with E-state index in [0.717, 1.165) is 11.1 Å². The van der Waals surface area contributed by atoms with E-state index in [0.29, 0.717) is 22.5 Å². The van der Waals surface area contributed by atoms with Crippen LogP contribution in [0.15, 0.2) is 47.5 Å². The molecule has 22 heavy (non-hydrogen) atoms. The van der Waals surface area contributed by atoms with Gasteiger partial charge in [-0.1, -0.05) is 41.4 Å². The van der Waals surface area contributed by atoms with Crippen molar-refractivity contribution in [1.29, 1.82) is 0 Å². The van der Waals surface area contributed by atoms with Crippen molar-refractivity contribution in [2.45, 2.75) is 19.5 Å². The van der Waals surface area contributed by atoms with E-state index in [2.05, 4.69) is 10.3 Å². The third-order valence-electron chi connectivity index (χ3n) is 3.16. The number of nitrogens with zero attached hydrogens (tertiary/aromatic N) is 1. The highest BCUT2D eigenvalue weighted by Crippen LogP contribution is 2.25. The van der Waals surface area contributed by atoms with Gasteiger partial charge in [0, 0.05) is 10.0 Å². The Morgan fingerprint density at radius 1 is 1.23 bits per heavy atom. The first-order valence-corrected chi connectivity index (χ1v) is 7.50. The van der Waals surface area contributed by atoms with E-state index in [1.165, 1.54) is 0 Å². The van der Waals surface area contributed by atoms with Crippen molar-refractivity contribution in [3.05, 3.63) is 63.6 Å². The largest absolute Gasteiger partial charge is 0.508 e. The molecule has 116 valence electrons. The number of nitrogens with one attached hydrogen (secondary N) is 1. The molecule has 0 fully saturated rings. The Kier molecular flexibility index (Phi) is 5.52. The number of halogens is 2. The quantitative estimate of drug-likeness (QED) is 0.585. The van der Waals surface area contributed by atoms with Gasteiger partial charge in [-0.05, 0) is 42.3 Å². The van der Waals surface area contributed by atoms with E-state index in [1.54, 1.807) is 36.4 Å². The Morgan fingerprint density at radius 3 is 2.55 bits per heavy atom. The minimum atomic E-state index is -0.0895. The van der Waals surface area contributed by atoms with Crippen molar-refractivity contribution >= 4 is 29.2 Å². The first kappa shape index (κ1) is 16.5. The number of rotatable bonds is 4. The summed E-state index contributed by atoms with van der Waals surface area (Å²) in [5.74, 6) is 0.552. The summed E-state index contributed by atoms with van der Waals surface area (Å²) in [7, 11) is 0. The molecule has 4 nitrogen and oxygen atoms in total. The molecule has 0 aromatic heterocycles.